The lowest BCUT2D eigenvalue weighted by Gasteiger charge is -2.10. The molecule has 2 aromatic rings. The average molecular weight is 397 g/mol. The number of nitrogens with zero attached hydrogens (tertiary/aromatic N) is 3. The Kier molecular flexibility index (Phi) is 6.97. The second kappa shape index (κ2) is 8.97. The van der Waals surface area contributed by atoms with E-state index in [-0.39, 0.29) is 17.3 Å². The molecule has 0 unspecified atom stereocenters. The van der Waals surface area contributed by atoms with Gasteiger partial charge in [0.2, 0.25) is 5.91 Å². The van der Waals surface area contributed by atoms with Gasteiger partial charge in [-0.25, -0.2) is 0 Å². The zero-order valence-electron chi connectivity index (χ0n) is 13.6. The van der Waals surface area contributed by atoms with E-state index in [4.69, 9.17) is 0 Å². The number of nitrogens with one attached hydrogen (secondary N) is 1. The van der Waals surface area contributed by atoms with Gasteiger partial charge < -0.3 is 5.32 Å². The van der Waals surface area contributed by atoms with Gasteiger partial charge in [0.1, 0.15) is 5.69 Å². The molecule has 0 aliphatic rings. The van der Waals surface area contributed by atoms with Gasteiger partial charge in [0.05, 0.1) is 10.2 Å². The van der Waals surface area contributed by atoms with Gasteiger partial charge in [-0.3, -0.25) is 14.9 Å². The van der Waals surface area contributed by atoms with Crippen LogP contribution in [0, 0.1) is 10.1 Å². The molecule has 1 N–H and O–H groups in total. The predicted octanol–water partition coefficient (Wildman–Crippen LogP) is 4.23. The van der Waals surface area contributed by atoms with Crippen LogP contribution in [-0.2, 0) is 4.79 Å². The predicted molar refractivity (Wildman–Crippen MR) is 102 cm³/mol. The van der Waals surface area contributed by atoms with E-state index in [1.54, 1.807) is 30.8 Å². The minimum absolute atomic E-state index is 0.137. The Morgan fingerprint density at radius 3 is 2.76 bits per heavy atom. The van der Waals surface area contributed by atoms with Crippen LogP contribution in [0.25, 0.3) is 0 Å². The van der Waals surface area contributed by atoms with Crippen LogP contribution < -0.4 is 5.32 Å². The summed E-state index contributed by atoms with van der Waals surface area (Å²) in [4.78, 5) is 22.8. The molecule has 1 amide bonds. The second-order valence-corrected chi connectivity index (χ2v) is 8.89. The molecule has 0 aliphatic heterocycles. The van der Waals surface area contributed by atoms with Gasteiger partial charge in [-0.2, -0.15) is 0 Å². The Morgan fingerprint density at radius 2 is 2.08 bits per heavy atom. The largest absolute Gasteiger partial charge is 0.319 e. The first-order chi connectivity index (χ1) is 11.9. The second-order valence-electron chi connectivity index (χ2n) is 5.10. The molecule has 0 saturated carbocycles. The van der Waals surface area contributed by atoms with E-state index in [2.05, 4.69) is 22.1 Å². The standard InChI is InChI=1S/C15H16N4O3S3/c1-9(2)8-23-14-17-18-15(25-14)24-10(3)13(20)16-11-6-4-5-7-12(11)19(21)22/h4-7,10H,1,8H2,2-3H3,(H,16,20)/t10-/m1/s1. The molecule has 1 heterocycles. The Morgan fingerprint density at radius 1 is 1.40 bits per heavy atom. The smallest absolute Gasteiger partial charge is 0.292 e. The number of hydrogen-bond donors (Lipinski definition) is 1. The van der Waals surface area contributed by atoms with Crippen molar-refractivity contribution >= 4 is 52.1 Å². The van der Waals surface area contributed by atoms with Gasteiger partial charge in [-0.15, -0.1) is 10.2 Å². The number of thioether (sulfide) groups is 2. The number of benzene rings is 1. The first kappa shape index (κ1) is 19.4. The quantitative estimate of drug-likeness (QED) is 0.308. The Labute approximate surface area is 157 Å². The summed E-state index contributed by atoms with van der Waals surface area (Å²) >= 11 is 4.23. The minimum atomic E-state index is -0.525. The van der Waals surface area contributed by atoms with E-state index in [1.807, 2.05) is 6.92 Å². The van der Waals surface area contributed by atoms with Gasteiger partial charge in [0.25, 0.3) is 5.69 Å². The summed E-state index contributed by atoms with van der Waals surface area (Å²) in [7, 11) is 0. The molecule has 0 fully saturated rings. The summed E-state index contributed by atoms with van der Waals surface area (Å²) in [5.74, 6) is 0.443. The molecule has 132 valence electrons. The van der Waals surface area contributed by atoms with Crippen molar-refractivity contribution in [2.24, 2.45) is 0 Å². The topological polar surface area (TPSA) is 98.0 Å². The molecule has 0 radical (unpaired) electrons. The fraction of sp³-hybridized carbons (Fsp3) is 0.267. The van der Waals surface area contributed by atoms with Crippen molar-refractivity contribution in [3.05, 3.63) is 46.5 Å². The first-order valence-electron chi connectivity index (χ1n) is 7.18. The molecule has 1 atom stereocenters. The van der Waals surface area contributed by atoms with Gasteiger partial charge in [-0.05, 0) is 19.9 Å². The highest BCUT2D eigenvalue weighted by atomic mass is 32.2. The third kappa shape index (κ3) is 5.83. The van der Waals surface area contributed by atoms with Gasteiger partial charge in [0, 0.05) is 11.8 Å². The highest BCUT2D eigenvalue weighted by Crippen LogP contribution is 2.32. The summed E-state index contributed by atoms with van der Waals surface area (Å²) in [6.45, 7) is 7.50. The van der Waals surface area contributed by atoms with E-state index in [9.17, 15) is 14.9 Å². The normalized spacial score (nSPS) is 11.8. The lowest BCUT2D eigenvalue weighted by Crippen LogP contribution is -2.22. The van der Waals surface area contributed by atoms with Gasteiger partial charge >= 0.3 is 0 Å². The molecule has 0 bridgehead atoms. The number of rotatable bonds is 8. The van der Waals surface area contributed by atoms with Crippen molar-refractivity contribution in [1.82, 2.24) is 10.2 Å². The van der Waals surface area contributed by atoms with Gasteiger partial charge in [0.15, 0.2) is 8.68 Å². The molecule has 10 heteroatoms. The van der Waals surface area contributed by atoms with Crippen LogP contribution in [-0.4, -0.2) is 32.0 Å². The monoisotopic (exact) mass is 396 g/mol. The van der Waals surface area contributed by atoms with Crippen molar-refractivity contribution in [3.63, 3.8) is 0 Å². The zero-order valence-corrected chi connectivity index (χ0v) is 16.0. The van der Waals surface area contributed by atoms with Gasteiger partial charge in [-0.1, -0.05) is 59.1 Å². The van der Waals surface area contributed by atoms with Crippen molar-refractivity contribution < 1.29 is 9.72 Å². The molecule has 2 rings (SSSR count). The maximum absolute atomic E-state index is 12.3. The van der Waals surface area contributed by atoms with Crippen LogP contribution in [0.5, 0.6) is 0 Å². The van der Waals surface area contributed by atoms with E-state index in [1.165, 1.54) is 35.2 Å². The summed E-state index contributed by atoms with van der Waals surface area (Å²) in [5.41, 5.74) is 1.09. The van der Waals surface area contributed by atoms with Crippen molar-refractivity contribution in [1.29, 1.82) is 0 Å². The number of nitro benzene ring substituents is 1. The number of para-hydroxylation sites is 2. The Hall–Kier alpha value is -1.91. The van der Waals surface area contributed by atoms with Crippen LogP contribution in [0.15, 0.2) is 45.1 Å². The number of nitro groups is 1. The van der Waals surface area contributed by atoms with Crippen molar-refractivity contribution in [2.45, 2.75) is 27.8 Å². The van der Waals surface area contributed by atoms with E-state index in [0.717, 1.165) is 15.7 Å². The van der Waals surface area contributed by atoms with Crippen LogP contribution >= 0.6 is 34.9 Å². The van der Waals surface area contributed by atoms with Crippen molar-refractivity contribution in [3.8, 4) is 0 Å². The molecule has 1 aromatic heterocycles. The van der Waals surface area contributed by atoms with Crippen molar-refractivity contribution in [2.75, 3.05) is 11.1 Å². The van der Waals surface area contributed by atoms with E-state index >= 15 is 0 Å². The third-order valence-electron chi connectivity index (χ3n) is 2.84. The summed E-state index contributed by atoms with van der Waals surface area (Å²) in [6, 6.07) is 6.04. The summed E-state index contributed by atoms with van der Waals surface area (Å²) in [6.07, 6.45) is 0. The highest BCUT2D eigenvalue weighted by molar-refractivity contribution is 8.04. The molecule has 0 aliphatic carbocycles. The number of carbonyl (C=O) groups is 1. The fourth-order valence-electron chi connectivity index (χ4n) is 1.67. The summed E-state index contributed by atoms with van der Waals surface area (Å²) in [5, 5.41) is 21.3. The molecule has 7 nitrogen and oxygen atoms in total. The molecular formula is C15H16N4O3S3. The number of carbonyl (C=O) groups excluding carboxylic acids is 1. The van der Waals surface area contributed by atoms with E-state index in [0.29, 0.717) is 4.34 Å². The van der Waals surface area contributed by atoms with E-state index < -0.39 is 10.2 Å². The summed E-state index contributed by atoms with van der Waals surface area (Å²) < 4.78 is 1.49. The molecular weight excluding hydrogens is 380 g/mol. The lowest BCUT2D eigenvalue weighted by molar-refractivity contribution is -0.383. The van der Waals surface area contributed by atoms with Crippen LogP contribution in [0.4, 0.5) is 11.4 Å². The zero-order chi connectivity index (χ0) is 18.4. The SMILES string of the molecule is C=C(C)CSc1nnc(S[C@H](C)C(=O)Nc2ccccc2[N+](=O)[O-])s1. The number of hydrogen-bond acceptors (Lipinski definition) is 8. The maximum atomic E-state index is 12.3. The first-order valence-corrected chi connectivity index (χ1v) is 9.86. The fourth-order valence-corrected chi connectivity index (χ4v) is 4.67. The van der Waals surface area contributed by atoms with Crippen LogP contribution in [0.3, 0.4) is 0 Å². The number of aromatic nitrogens is 2. The number of anilines is 1. The average Bonchev–Trinajstić information content (AvgIpc) is 3.00. The minimum Gasteiger partial charge on any atom is -0.319 e. The molecule has 0 saturated heterocycles. The van der Waals surface area contributed by atoms with Crippen LogP contribution in [0.2, 0.25) is 0 Å². The lowest BCUT2D eigenvalue weighted by atomic mass is 10.2. The third-order valence-corrected chi connectivity index (χ3v) is 6.31. The Bertz CT molecular complexity index is 794. The number of amides is 1. The maximum Gasteiger partial charge on any atom is 0.292 e. The highest BCUT2D eigenvalue weighted by Gasteiger charge is 2.21. The molecule has 25 heavy (non-hydrogen) atoms. The molecule has 0 spiro atoms. The van der Waals surface area contributed by atoms with Crippen LogP contribution in [0.1, 0.15) is 13.8 Å². The molecule has 1 aromatic carbocycles. The Balaban J connectivity index is 1.97.